The molecule has 1 saturated heterocycles. The number of nitrogens with two attached hydrogens (primary N) is 1. The van der Waals surface area contributed by atoms with Gasteiger partial charge in [-0.25, -0.2) is 5.84 Å². The number of nitrogens with zero attached hydrogens (tertiary/aromatic N) is 1. The Hall–Kier alpha value is -1.47. The summed E-state index contributed by atoms with van der Waals surface area (Å²) in [4.78, 5) is 13.6. The van der Waals surface area contributed by atoms with Gasteiger partial charge in [0.05, 0.1) is 19.3 Å². The van der Waals surface area contributed by atoms with Crippen molar-refractivity contribution >= 4 is 5.91 Å². The second kappa shape index (κ2) is 8.85. The third kappa shape index (κ3) is 5.38. The molecule has 0 aromatic heterocycles. The summed E-state index contributed by atoms with van der Waals surface area (Å²) in [5, 5.41) is 10.0. The number of carbonyl (C=O) groups is 1. The molecule has 2 rings (SSSR count). The maximum Gasteiger partial charge on any atom is 0.237 e. The Kier molecular flexibility index (Phi) is 6.79. The number of carbonyl (C=O) groups excluding carboxylic acids is 1. The molecule has 0 spiro atoms. The first kappa shape index (κ1) is 16.9. The van der Waals surface area contributed by atoms with Crippen molar-refractivity contribution in [1.82, 2.24) is 10.3 Å². The lowest BCUT2D eigenvalue weighted by molar-refractivity contribution is -0.126. The molecule has 22 heavy (non-hydrogen) atoms. The fourth-order valence-electron chi connectivity index (χ4n) is 2.73. The number of β-amino-alcohol motifs (C(OH)–C–C–N with tert-alkyl or cyclic N) is 1. The normalized spacial score (nSPS) is 18.1. The van der Waals surface area contributed by atoms with Gasteiger partial charge in [-0.1, -0.05) is 30.3 Å². The lowest BCUT2D eigenvalue weighted by atomic mass is 9.96. The molecule has 0 aliphatic carbocycles. The lowest BCUT2D eigenvalue weighted by Gasteiger charge is -2.32. The first-order chi connectivity index (χ1) is 10.7. The molecule has 1 aliphatic rings. The Labute approximate surface area is 131 Å². The minimum absolute atomic E-state index is 0.00674. The molecule has 0 saturated carbocycles. The molecule has 1 fully saturated rings. The van der Waals surface area contributed by atoms with E-state index in [-0.39, 0.29) is 11.8 Å². The summed E-state index contributed by atoms with van der Waals surface area (Å²) < 4.78 is 5.54. The van der Waals surface area contributed by atoms with E-state index in [9.17, 15) is 9.90 Å². The second-order valence-electron chi connectivity index (χ2n) is 5.74. The van der Waals surface area contributed by atoms with Crippen molar-refractivity contribution in [1.29, 1.82) is 0 Å². The first-order valence-corrected chi connectivity index (χ1v) is 7.71. The molecule has 122 valence electrons. The smallest absolute Gasteiger partial charge is 0.237 e. The predicted octanol–water partition coefficient (Wildman–Crippen LogP) is 0.266. The zero-order valence-corrected chi connectivity index (χ0v) is 12.8. The summed E-state index contributed by atoms with van der Waals surface area (Å²) in [6.45, 7) is 3.00. The Morgan fingerprint density at radius 1 is 1.36 bits per heavy atom. The number of likely N-dealkylation sites (tertiary alicyclic amines) is 1. The minimum Gasteiger partial charge on any atom is -0.389 e. The number of benzene rings is 1. The minimum atomic E-state index is -0.511. The highest BCUT2D eigenvalue weighted by molar-refractivity contribution is 5.78. The predicted molar refractivity (Wildman–Crippen MR) is 83.6 cm³/mol. The van der Waals surface area contributed by atoms with Gasteiger partial charge in [-0.3, -0.25) is 10.2 Å². The van der Waals surface area contributed by atoms with Gasteiger partial charge in [-0.05, 0) is 31.5 Å². The number of aliphatic hydroxyl groups excluding tert-OH is 1. The van der Waals surface area contributed by atoms with Gasteiger partial charge in [0.1, 0.15) is 0 Å². The van der Waals surface area contributed by atoms with Crippen molar-refractivity contribution in [3.63, 3.8) is 0 Å². The molecule has 1 aromatic rings. The van der Waals surface area contributed by atoms with Crippen LogP contribution in [0.3, 0.4) is 0 Å². The number of aliphatic hydroxyl groups is 1. The van der Waals surface area contributed by atoms with E-state index in [4.69, 9.17) is 10.6 Å². The summed E-state index contributed by atoms with van der Waals surface area (Å²) in [7, 11) is 0. The highest BCUT2D eigenvalue weighted by atomic mass is 16.5. The average Bonchev–Trinajstić information content (AvgIpc) is 2.56. The monoisotopic (exact) mass is 307 g/mol. The highest BCUT2D eigenvalue weighted by Gasteiger charge is 2.25. The molecule has 1 aromatic carbocycles. The van der Waals surface area contributed by atoms with E-state index in [1.54, 1.807) is 0 Å². The molecule has 1 atom stereocenters. The maximum atomic E-state index is 11.4. The summed E-state index contributed by atoms with van der Waals surface area (Å²) in [6.07, 6.45) is 1.05. The number of hydrogen-bond donors (Lipinski definition) is 3. The fourth-order valence-corrected chi connectivity index (χ4v) is 2.73. The van der Waals surface area contributed by atoms with Crippen molar-refractivity contribution in [2.75, 3.05) is 26.2 Å². The van der Waals surface area contributed by atoms with E-state index >= 15 is 0 Å². The first-order valence-electron chi connectivity index (χ1n) is 7.71. The van der Waals surface area contributed by atoms with Crippen LogP contribution in [0.2, 0.25) is 0 Å². The van der Waals surface area contributed by atoms with Gasteiger partial charge < -0.3 is 14.7 Å². The van der Waals surface area contributed by atoms with Crippen LogP contribution in [0, 0.1) is 5.92 Å². The van der Waals surface area contributed by atoms with E-state index in [1.807, 2.05) is 30.3 Å². The zero-order valence-electron chi connectivity index (χ0n) is 12.8. The zero-order chi connectivity index (χ0) is 15.8. The molecule has 0 unspecified atom stereocenters. The number of ether oxygens (including phenoxy) is 1. The number of amides is 1. The largest absolute Gasteiger partial charge is 0.389 e. The van der Waals surface area contributed by atoms with E-state index in [1.165, 1.54) is 0 Å². The van der Waals surface area contributed by atoms with Gasteiger partial charge in [0.2, 0.25) is 5.91 Å². The fraction of sp³-hybridized carbons (Fsp3) is 0.562. The van der Waals surface area contributed by atoms with E-state index < -0.39 is 6.10 Å². The number of rotatable bonds is 7. The van der Waals surface area contributed by atoms with Gasteiger partial charge in [0.15, 0.2) is 0 Å². The Bertz CT molecular complexity index is 447. The SMILES string of the molecule is NNC(=O)C1CCN(C[C@H](O)COCc2ccccc2)CC1. The van der Waals surface area contributed by atoms with Crippen LogP contribution in [-0.2, 0) is 16.1 Å². The number of hydrogen-bond acceptors (Lipinski definition) is 5. The maximum absolute atomic E-state index is 11.4. The Morgan fingerprint density at radius 2 is 2.05 bits per heavy atom. The molecule has 1 aliphatic heterocycles. The van der Waals surface area contributed by atoms with Crippen molar-refractivity contribution < 1.29 is 14.6 Å². The van der Waals surface area contributed by atoms with Crippen molar-refractivity contribution in [2.45, 2.75) is 25.6 Å². The third-order valence-corrected chi connectivity index (χ3v) is 3.99. The molecular weight excluding hydrogens is 282 g/mol. The summed E-state index contributed by atoms with van der Waals surface area (Å²) in [5.74, 6) is 5.05. The summed E-state index contributed by atoms with van der Waals surface area (Å²) in [5.41, 5.74) is 3.31. The van der Waals surface area contributed by atoms with Crippen molar-refractivity contribution in [3.8, 4) is 0 Å². The topological polar surface area (TPSA) is 87.8 Å². The number of hydrazine groups is 1. The third-order valence-electron chi connectivity index (χ3n) is 3.99. The standard InChI is InChI=1S/C16H25N3O3/c17-18-16(21)14-6-8-19(9-7-14)10-15(20)12-22-11-13-4-2-1-3-5-13/h1-5,14-15,20H,6-12,17H2,(H,18,21)/t15-/m0/s1. The Morgan fingerprint density at radius 3 is 2.68 bits per heavy atom. The van der Waals surface area contributed by atoms with Crippen LogP contribution < -0.4 is 11.3 Å². The average molecular weight is 307 g/mol. The van der Waals surface area contributed by atoms with Gasteiger partial charge in [-0.15, -0.1) is 0 Å². The van der Waals surface area contributed by atoms with Crippen LogP contribution in [0.5, 0.6) is 0 Å². The molecule has 0 radical (unpaired) electrons. The molecule has 0 bridgehead atoms. The second-order valence-corrected chi connectivity index (χ2v) is 5.74. The van der Waals surface area contributed by atoms with Crippen LogP contribution >= 0.6 is 0 Å². The molecule has 1 heterocycles. The molecule has 6 heteroatoms. The van der Waals surface area contributed by atoms with Crippen LogP contribution in [0.25, 0.3) is 0 Å². The van der Waals surface area contributed by atoms with E-state index in [0.717, 1.165) is 31.5 Å². The molecule has 6 nitrogen and oxygen atoms in total. The van der Waals surface area contributed by atoms with Crippen molar-refractivity contribution in [2.24, 2.45) is 11.8 Å². The van der Waals surface area contributed by atoms with Crippen molar-refractivity contribution in [3.05, 3.63) is 35.9 Å². The summed E-state index contributed by atoms with van der Waals surface area (Å²) in [6, 6.07) is 9.90. The lowest BCUT2D eigenvalue weighted by Crippen LogP contribution is -2.45. The van der Waals surface area contributed by atoms with Gasteiger partial charge in [-0.2, -0.15) is 0 Å². The molecular formula is C16H25N3O3. The quantitative estimate of drug-likeness (QED) is 0.382. The van der Waals surface area contributed by atoms with Gasteiger partial charge in [0, 0.05) is 12.5 Å². The molecule has 1 amide bonds. The van der Waals surface area contributed by atoms with Crippen LogP contribution in [-0.4, -0.2) is 48.3 Å². The van der Waals surface area contributed by atoms with E-state index in [2.05, 4.69) is 10.3 Å². The van der Waals surface area contributed by atoms with Crippen LogP contribution in [0.4, 0.5) is 0 Å². The van der Waals surface area contributed by atoms with Gasteiger partial charge in [0.25, 0.3) is 0 Å². The van der Waals surface area contributed by atoms with Crippen LogP contribution in [0.1, 0.15) is 18.4 Å². The highest BCUT2D eigenvalue weighted by Crippen LogP contribution is 2.17. The number of nitrogens with one attached hydrogen (secondary N) is 1. The van der Waals surface area contributed by atoms with Gasteiger partial charge >= 0.3 is 0 Å². The number of piperidine rings is 1. The van der Waals surface area contributed by atoms with Crippen LogP contribution in [0.15, 0.2) is 30.3 Å². The Balaban J connectivity index is 1.61. The van der Waals surface area contributed by atoms with E-state index in [0.29, 0.717) is 19.8 Å². The summed E-state index contributed by atoms with van der Waals surface area (Å²) >= 11 is 0. The molecule has 4 N–H and O–H groups in total.